The number of likely N-dealkylation sites (tertiary alicyclic amines) is 2. The summed E-state index contributed by atoms with van der Waals surface area (Å²) in [5.41, 5.74) is 15.7. The maximum atomic E-state index is 5.80. The fraction of sp³-hybridized carbons (Fsp3) is 0.256. The predicted molar refractivity (Wildman–Crippen MR) is 222 cm³/mol. The average Bonchev–Trinajstić information content (AvgIpc) is 4.07. The molecule has 0 amide bonds. The van der Waals surface area contributed by atoms with Gasteiger partial charge in [-0.1, -0.05) is 11.6 Å². The van der Waals surface area contributed by atoms with Gasteiger partial charge in [0.05, 0.1) is 35.7 Å². The third kappa shape index (κ3) is 10.2. The molecule has 13 nitrogen and oxygen atoms in total. The average molecular weight is 778 g/mol. The van der Waals surface area contributed by atoms with Crippen molar-refractivity contribution >= 4 is 28.7 Å². The summed E-state index contributed by atoms with van der Waals surface area (Å²) in [7, 11) is 0. The summed E-state index contributed by atoms with van der Waals surface area (Å²) in [5.74, 6) is 0.494. The lowest BCUT2D eigenvalue weighted by molar-refractivity contribution is 0.331. The number of hydrogen-bond acceptors (Lipinski definition) is 11. The Balaban J connectivity index is 0.000000132. The highest BCUT2D eigenvalue weighted by atomic mass is 35.5. The molecule has 2 saturated heterocycles. The number of nitrogens with zero attached hydrogens (tertiary/aromatic N) is 12. The summed E-state index contributed by atoms with van der Waals surface area (Å²) in [6.45, 7) is 6.88. The van der Waals surface area contributed by atoms with Gasteiger partial charge in [0.2, 0.25) is 0 Å². The Kier molecular flexibility index (Phi) is 12.1. The summed E-state index contributed by atoms with van der Waals surface area (Å²) in [6.07, 6.45) is 28.0. The first-order valence-corrected chi connectivity index (χ1v) is 19.6. The Morgan fingerprint density at radius 1 is 0.544 bits per heavy atom. The lowest BCUT2D eigenvalue weighted by atomic mass is 10.1. The molecule has 288 valence electrons. The molecule has 0 unspecified atom stereocenters. The molecule has 2 aliphatic heterocycles. The molecule has 2 aliphatic rings. The van der Waals surface area contributed by atoms with Crippen molar-refractivity contribution in [3.8, 4) is 22.5 Å². The number of aromatic nitrogens is 10. The SMILES string of the molecule is Clc1cc(CN2CCCC2)ccn1.Nc1cn2cc(-c3ccncc3)ncc2n1.c1cc(-c2cn3cc(Cc4cc(CN5CCCC5)ccn4)nc3cn2)ccn1. The Morgan fingerprint density at radius 2 is 1.07 bits per heavy atom. The molecule has 57 heavy (non-hydrogen) atoms. The monoisotopic (exact) mass is 777 g/mol. The molecular formula is C43H44ClN13. The van der Waals surface area contributed by atoms with E-state index in [9.17, 15) is 0 Å². The fourth-order valence-electron chi connectivity index (χ4n) is 7.15. The molecule has 0 bridgehead atoms. The van der Waals surface area contributed by atoms with Crippen LogP contribution in [0.3, 0.4) is 0 Å². The Labute approximate surface area is 336 Å². The largest absolute Gasteiger partial charge is 0.382 e. The Bertz CT molecular complexity index is 2510. The minimum absolute atomic E-state index is 0.494. The topological polar surface area (TPSA) is 144 Å². The summed E-state index contributed by atoms with van der Waals surface area (Å²) < 4.78 is 3.89. The summed E-state index contributed by atoms with van der Waals surface area (Å²) in [5, 5.41) is 0.594. The highest BCUT2D eigenvalue weighted by molar-refractivity contribution is 6.29. The van der Waals surface area contributed by atoms with Gasteiger partial charge in [-0.25, -0.2) is 15.0 Å². The van der Waals surface area contributed by atoms with Crippen LogP contribution < -0.4 is 5.73 Å². The van der Waals surface area contributed by atoms with E-state index >= 15 is 0 Å². The molecule has 0 aromatic carbocycles. The first-order chi connectivity index (χ1) is 28.0. The number of nitrogen functional groups attached to an aromatic ring is 1. The van der Waals surface area contributed by atoms with Crippen LogP contribution in [-0.2, 0) is 19.5 Å². The van der Waals surface area contributed by atoms with Gasteiger partial charge in [-0.15, -0.1) is 0 Å². The molecule has 10 heterocycles. The second-order valence-corrected chi connectivity index (χ2v) is 14.6. The molecule has 0 atom stereocenters. The lowest BCUT2D eigenvalue weighted by Crippen LogP contribution is -2.18. The van der Waals surface area contributed by atoms with Crippen LogP contribution >= 0.6 is 11.6 Å². The van der Waals surface area contributed by atoms with Crippen molar-refractivity contribution < 1.29 is 0 Å². The van der Waals surface area contributed by atoms with Crippen LogP contribution in [0.4, 0.5) is 5.82 Å². The maximum absolute atomic E-state index is 5.80. The van der Waals surface area contributed by atoms with Crippen LogP contribution in [-0.4, -0.2) is 84.7 Å². The number of halogens is 1. The van der Waals surface area contributed by atoms with Crippen LogP contribution in [0.15, 0.2) is 123 Å². The number of anilines is 1. The number of imidazole rings is 2. The van der Waals surface area contributed by atoms with E-state index in [1.165, 1.54) is 63.0 Å². The first-order valence-electron chi connectivity index (χ1n) is 19.2. The maximum Gasteiger partial charge on any atom is 0.157 e. The zero-order valence-corrected chi connectivity index (χ0v) is 32.4. The van der Waals surface area contributed by atoms with Gasteiger partial charge in [-0.2, -0.15) is 0 Å². The van der Waals surface area contributed by atoms with Gasteiger partial charge in [-0.05, 0) is 112 Å². The molecular weight excluding hydrogens is 734 g/mol. The molecule has 2 fully saturated rings. The second kappa shape index (κ2) is 18.2. The lowest BCUT2D eigenvalue weighted by Gasteiger charge is -2.14. The van der Waals surface area contributed by atoms with Crippen molar-refractivity contribution in [3.05, 3.63) is 151 Å². The van der Waals surface area contributed by atoms with Crippen LogP contribution in [0.2, 0.25) is 5.15 Å². The van der Waals surface area contributed by atoms with Gasteiger partial charge < -0.3 is 14.5 Å². The molecule has 14 heteroatoms. The molecule has 8 aromatic rings. The molecule has 8 aromatic heterocycles. The van der Waals surface area contributed by atoms with Gasteiger partial charge >= 0.3 is 0 Å². The first kappa shape index (κ1) is 37.8. The van der Waals surface area contributed by atoms with Crippen LogP contribution in [0.25, 0.3) is 33.8 Å². The van der Waals surface area contributed by atoms with Crippen molar-refractivity contribution in [2.45, 2.75) is 45.2 Å². The van der Waals surface area contributed by atoms with E-state index in [1.807, 2.05) is 70.0 Å². The quantitative estimate of drug-likeness (QED) is 0.158. The van der Waals surface area contributed by atoms with Crippen molar-refractivity contribution in [2.24, 2.45) is 0 Å². The van der Waals surface area contributed by atoms with E-state index in [0.29, 0.717) is 11.0 Å². The van der Waals surface area contributed by atoms with Gasteiger partial charge in [0.25, 0.3) is 0 Å². The van der Waals surface area contributed by atoms with E-state index in [0.717, 1.165) is 64.7 Å². The third-order valence-electron chi connectivity index (χ3n) is 9.95. The summed E-state index contributed by atoms with van der Waals surface area (Å²) in [6, 6.07) is 16.1. The van der Waals surface area contributed by atoms with Gasteiger partial charge in [0.15, 0.2) is 11.3 Å². The van der Waals surface area contributed by atoms with Gasteiger partial charge in [0, 0.05) is 92.1 Å². The fourth-order valence-corrected chi connectivity index (χ4v) is 7.34. The number of fused-ring (bicyclic) bond motifs is 2. The third-order valence-corrected chi connectivity index (χ3v) is 10.2. The minimum atomic E-state index is 0.494. The van der Waals surface area contributed by atoms with Crippen LogP contribution in [0.1, 0.15) is 48.2 Å². The predicted octanol–water partition coefficient (Wildman–Crippen LogP) is 7.08. The number of pyridine rings is 4. The van der Waals surface area contributed by atoms with Crippen molar-refractivity contribution in [3.63, 3.8) is 0 Å². The zero-order chi connectivity index (χ0) is 38.8. The minimum Gasteiger partial charge on any atom is -0.382 e. The smallest absolute Gasteiger partial charge is 0.157 e. The van der Waals surface area contributed by atoms with E-state index in [1.54, 1.807) is 43.4 Å². The van der Waals surface area contributed by atoms with Crippen LogP contribution in [0, 0.1) is 0 Å². The van der Waals surface area contributed by atoms with E-state index in [2.05, 4.69) is 63.0 Å². The summed E-state index contributed by atoms with van der Waals surface area (Å²) in [4.78, 5) is 39.2. The highest BCUT2D eigenvalue weighted by Crippen LogP contribution is 2.20. The zero-order valence-electron chi connectivity index (χ0n) is 31.6. The van der Waals surface area contributed by atoms with Crippen molar-refractivity contribution in [1.29, 1.82) is 0 Å². The Morgan fingerprint density at radius 3 is 1.65 bits per heavy atom. The standard InChI is InChI=1S/C22H22N6.C11H9N5.C10H13ClN2/c1-2-10-27(9-1)14-17-3-8-24-19(11-17)12-20-15-28-16-21(25-13-22(28)26-20)18-4-6-23-7-5-18;12-10-7-16-6-9(14-5-11(16)15-10)8-1-3-13-4-2-8;11-10-7-9(3-4-12-10)8-13-5-1-2-6-13/h3-8,11,13,15-16H,1-2,9-10,12,14H2;1-7H,12H2;3-4,7H,1-2,5-6,8H2. The van der Waals surface area contributed by atoms with E-state index < -0.39 is 0 Å². The number of nitrogens with two attached hydrogens (primary N) is 1. The van der Waals surface area contributed by atoms with Gasteiger partial charge in [0.1, 0.15) is 11.0 Å². The molecule has 0 spiro atoms. The number of rotatable bonds is 8. The molecule has 10 rings (SSSR count). The second-order valence-electron chi connectivity index (χ2n) is 14.2. The van der Waals surface area contributed by atoms with Crippen LogP contribution in [0.5, 0.6) is 0 Å². The normalized spacial score (nSPS) is 14.3. The van der Waals surface area contributed by atoms with E-state index in [4.69, 9.17) is 22.3 Å². The summed E-state index contributed by atoms with van der Waals surface area (Å²) >= 11 is 5.80. The molecule has 0 aliphatic carbocycles. The van der Waals surface area contributed by atoms with Gasteiger partial charge in [-0.3, -0.25) is 34.7 Å². The Hall–Kier alpha value is -6.15. The molecule has 0 radical (unpaired) electrons. The molecule has 0 saturated carbocycles. The van der Waals surface area contributed by atoms with Crippen molar-refractivity contribution in [1.82, 2.24) is 58.5 Å². The number of hydrogen-bond donors (Lipinski definition) is 1. The molecule has 2 N–H and O–H groups in total. The van der Waals surface area contributed by atoms with Crippen molar-refractivity contribution in [2.75, 3.05) is 31.9 Å². The highest BCUT2D eigenvalue weighted by Gasteiger charge is 2.14. The van der Waals surface area contributed by atoms with E-state index in [-0.39, 0.29) is 0 Å².